The van der Waals surface area contributed by atoms with Gasteiger partial charge in [0, 0.05) is 12.0 Å². The molecule has 1 saturated carbocycles. The lowest BCUT2D eigenvalue weighted by Gasteiger charge is -2.23. The lowest BCUT2D eigenvalue weighted by Crippen LogP contribution is -2.45. The Kier molecular flexibility index (Phi) is 2.07. The number of nitrogens with one attached hydrogen (secondary N) is 1. The molecule has 1 saturated heterocycles. The molecule has 2 fully saturated rings. The van der Waals surface area contributed by atoms with Crippen LogP contribution in [0.2, 0.25) is 0 Å². The Bertz CT molecular complexity index is 234. The molecule has 0 aromatic heterocycles. The second kappa shape index (κ2) is 3.10. The Labute approximate surface area is 77.3 Å². The predicted molar refractivity (Wildman–Crippen MR) is 46.7 cm³/mol. The quantitative estimate of drug-likeness (QED) is 0.622. The van der Waals surface area contributed by atoms with E-state index < -0.39 is 0 Å². The average molecular weight is 182 g/mol. The molecule has 2 rings (SSSR count). The smallest absolute Gasteiger partial charge is 0.239 e. The Morgan fingerprint density at radius 3 is 2.77 bits per heavy atom. The fourth-order valence-corrected chi connectivity index (χ4v) is 2.34. The van der Waals surface area contributed by atoms with Crippen LogP contribution in [0.25, 0.3) is 0 Å². The summed E-state index contributed by atoms with van der Waals surface area (Å²) >= 11 is 0. The first kappa shape index (κ1) is 8.69. The molecule has 4 nitrogen and oxygen atoms in total. The van der Waals surface area contributed by atoms with Gasteiger partial charge in [0.05, 0.1) is 6.54 Å². The van der Waals surface area contributed by atoms with Gasteiger partial charge in [0.2, 0.25) is 5.91 Å². The summed E-state index contributed by atoms with van der Waals surface area (Å²) in [6, 6.07) is 0. The first-order valence-corrected chi connectivity index (χ1v) is 4.78. The van der Waals surface area contributed by atoms with Crippen LogP contribution in [-0.4, -0.2) is 29.3 Å². The minimum atomic E-state index is 0.0000926. The first-order chi connectivity index (χ1) is 6.26. The Hall–Kier alpha value is -0.900. The molecule has 1 aliphatic carbocycles. The summed E-state index contributed by atoms with van der Waals surface area (Å²) in [7, 11) is 0. The lowest BCUT2D eigenvalue weighted by atomic mass is 9.96. The summed E-state index contributed by atoms with van der Waals surface area (Å²) < 4.78 is 0. The van der Waals surface area contributed by atoms with Crippen LogP contribution in [0.4, 0.5) is 0 Å². The van der Waals surface area contributed by atoms with Crippen LogP contribution in [0, 0.1) is 0 Å². The summed E-state index contributed by atoms with van der Waals surface area (Å²) in [5, 5.41) is 1.46. The van der Waals surface area contributed by atoms with Gasteiger partial charge in [-0.05, 0) is 12.8 Å². The highest BCUT2D eigenvalue weighted by Gasteiger charge is 2.44. The molecule has 4 heteroatoms. The third-order valence-electron chi connectivity index (χ3n) is 2.98. The number of aldehydes is 1. The number of carbonyl (C=O) groups is 2. The van der Waals surface area contributed by atoms with Crippen molar-refractivity contribution in [1.29, 1.82) is 0 Å². The molecule has 1 amide bonds. The zero-order chi connectivity index (χ0) is 9.31. The topological polar surface area (TPSA) is 49.4 Å². The number of hydrogen-bond donors (Lipinski definition) is 1. The molecule has 0 atom stereocenters. The number of carbonyl (C=O) groups excluding carboxylic acids is 2. The van der Waals surface area contributed by atoms with Crippen molar-refractivity contribution in [1.82, 2.24) is 10.4 Å². The van der Waals surface area contributed by atoms with Gasteiger partial charge < -0.3 is 4.79 Å². The van der Waals surface area contributed by atoms with Gasteiger partial charge in [-0.2, -0.15) is 0 Å². The molecule has 2 aliphatic rings. The number of nitrogens with zero attached hydrogens (tertiary/aromatic N) is 1. The van der Waals surface area contributed by atoms with Crippen LogP contribution in [0.3, 0.4) is 0 Å². The van der Waals surface area contributed by atoms with E-state index in [1.54, 1.807) is 0 Å². The van der Waals surface area contributed by atoms with E-state index in [9.17, 15) is 9.59 Å². The number of hydrazine groups is 1. The number of rotatable bonds is 2. The molecule has 1 heterocycles. The third kappa shape index (κ3) is 1.46. The van der Waals surface area contributed by atoms with E-state index in [0.717, 1.165) is 19.1 Å². The molecular formula is C9H14N2O2. The van der Waals surface area contributed by atoms with E-state index in [2.05, 4.69) is 5.43 Å². The van der Waals surface area contributed by atoms with Crippen molar-refractivity contribution >= 4 is 12.2 Å². The van der Waals surface area contributed by atoms with Crippen molar-refractivity contribution in [3.63, 3.8) is 0 Å². The van der Waals surface area contributed by atoms with Gasteiger partial charge in [-0.1, -0.05) is 12.8 Å². The maximum absolute atomic E-state index is 11.4. The van der Waals surface area contributed by atoms with E-state index in [4.69, 9.17) is 0 Å². The SMILES string of the molecule is O=CCN1NC2(CCCC2)CC1=O. The fraction of sp³-hybridized carbons (Fsp3) is 0.778. The first-order valence-electron chi connectivity index (χ1n) is 4.78. The molecular weight excluding hydrogens is 168 g/mol. The van der Waals surface area contributed by atoms with Gasteiger partial charge in [-0.25, -0.2) is 5.43 Å². The Morgan fingerprint density at radius 1 is 1.46 bits per heavy atom. The van der Waals surface area contributed by atoms with Crippen molar-refractivity contribution in [2.24, 2.45) is 0 Å². The molecule has 13 heavy (non-hydrogen) atoms. The molecule has 0 unspecified atom stereocenters. The fourth-order valence-electron chi connectivity index (χ4n) is 2.34. The summed E-state index contributed by atoms with van der Waals surface area (Å²) in [5.74, 6) is 0.0639. The standard InChI is InChI=1S/C9H14N2O2/c12-6-5-11-8(13)7-9(10-11)3-1-2-4-9/h6,10H,1-5,7H2. The van der Waals surface area contributed by atoms with Crippen LogP contribution < -0.4 is 5.43 Å². The lowest BCUT2D eigenvalue weighted by molar-refractivity contribution is -0.131. The second-order valence-electron chi connectivity index (χ2n) is 3.95. The summed E-state index contributed by atoms with van der Waals surface area (Å²) in [5.41, 5.74) is 3.17. The maximum Gasteiger partial charge on any atom is 0.239 e. The van der Waals surface area contributed by atoms with Crippen molar-refractivity contribution < 1.29 is 9.59 Å². The highest BCUT2D eigenvalue weighted by Crippen LogP contribution is 2.36. The molecule has 1 spiro atoms. The second-order valence-corrected chi connectivity index (χ2v) is 3.95. The molecule has 0 radical (unpaired) electrons. The minimum Gasteiger partial charge on any atom is -0.301 e. The summed E-state index contributed by atoms with van der Waals surface area (Å²) in [6.45, 7) is 0.181. The van der Waals surface area contributed by atoms with Gasteiger partial charge >= 0.3 is 0 Å². The summed E-state index contributed by atoms with van der Waals surface area (Å²) in [6.07, 6.45) is 5.84. The molecule has 0 aromatic rings. The Balaban J connectivity index is 2.04. The van der Waals surface area contributed by atoms with E-state index in [1.165, 1.54) is 17.9 Å². The van der Waals surface area contributed by atoms with Crippen LogP contribution in [0.1, 0.15) is 32.1 Å². The highest BCUT2D eigenvalue weighted by molar-refractivity contribution is 5.81. The molecule has 1 N–H and O–H groups in total. The number of amides is 1. The maximum atomic E-state index is 11.4. The van der Waals surface area contributed by atoms with E-state index in [0.29, 0.717) is 6.42 Å². The van der Waals surface area contributed by atoms with Gasteiger partial charge in [0.1, 0.15) is 6.29 Å². The van der Waals surface area contributed by atoms with Gasteiger partial charge in [0.15, 0.2) is 0 Å². The van der Waals surface area contributed by atoms with Crippen LogP contribution in [0.5, 0.6) is 0 Å². The van der Waals surface area contributed by atoms with Gasteiger partial charge in [-0.3, -0.25) is 9.80 Å². The van der Waals surface area contributed by atoms with E-state index >= 15 is 0 Å². The predicted octanol–water partition coefficient (Wildman–Crippen LogP) is 0.235. The zero-order valence-corrected chi connectivity index (χ0v) is 7.58. The molecule has 0 bridgehead atoms. The normalized spacial score (nSPS) is 25.8. The van der Waals surface area contributed by atoms with E-state index in [1.807, 2.05) is 0 Å². The van der Waals surface area contributed by atoms with Crippen LogP contribution in [-0.2, 0) is 9.59 Å². The van der Waals surface area contributed by atoms with Crippen LogP contribution in [0.15, 0.2) is 0 Å². The van der Waals surface area contributed by atoms with Crippen molar-refractivity contribution in [2.45, 2.75) is 37.6 Å². The van der Waals surface area contributed by atoms with Crippen LogP contribution >= 0.6 is 0 Å². The Morgan fingerprint density at radius 2 is 2.15 bits per heavy atom. The third-order valence-corrected chi connectivity index (χ3v) is 2.98. The highest BCUT2D eigenvalue weighted by atomic mass is 16.2. The van der Waals surface area contributed by atoms with Crippen molar-refractivity contribution in [3.05, 3.63) is 0 Å². The summed E-state index contributed by atoms with van der Waals surface area (Å²) in [4.78, 5) is 21.7. The molecule has 0 aromatic carbocycles. The molecule has 1 aliphatic heterocycles. The average Bonchev–Trinajstić information content (AvgIpc) is 2.63. The minimum absolute atomic E-state index is 0.0000926. The van der Waals surface area contributed by atoms with Crippen molar-refractivity contribution in [2.75, 3.05) is 6.54 Å². The largest absolute Gasteiger partial charge is 0.301 e. The van der Waals surface area contributed by atoms with Gasteiger partial charge in [0.25, 0.3) is 0 Å². The zero-order valence-electron chi connectivity index (χ0n) is 7.58. The monoisotopic (exact) mass is 182 g/mol. The van der Waals surface area contributed by atoms with Crippen molar-refractivity contribution in [3.8, 4) is 0 Å². The van der Waals surface area contributed by atoms with Gasteiger partial charge in [-0.15, -0.1) is 0 Å². The molecule has 72 valence electrons. The van der Waals surface area contributed by atoms with E-state index in [-0.39, 0.29) is 18.0 Å². The number of hydrogen-bond acceptors (Lipinski definition) is 3.